The topological polar surface area (TPSA) is 93.3 Å². The van der Waals surface area contributed by atoms with Crippen molar-refractivity contribution in [3.05, 3.63) is 0 Å². The lowest BCUT2D eigenvalue weighted by Crippen LogP contribution is -2.38. The Hall–Kier alpha value is -1.62. The summed E-state index contributed by atoms with van der Waals surface area (Å²) in [5, 5.41) is 3.71. The SMILES string of the molecule is CCC(=O)CCCC[C@@H]1SC[C@H]2[C@@H]1N(C)C(=O)N2C.CNC(=O)CCCC[C@@H]1SC[C@H]2[C@@H]1N(C)C(=O)N2C. The lowest BCUT2D eigenvalue weighted by Gasteiger charge is -2.23. The second kappa shape index (κ2) is 14.1. The third kappa shape index (κ3) is 6.92. The zero-order valence-corrected chi connectivity index (χ0v) is 25.6. The number of nitrogens with zero attached hydrogens (tertiary/aromatic N) is 4. The van der Waals surface area contributed by atoms with Crippen LogP contribution < -0.4 is 5.32 Å². The number of nitrogens with one attached hydrogen (secondary N) is 1. The summed E-state index contributed by atoms with van der Waals surface area (Å²) in [5.41, 5.74) is 0. The molecule has 0 saturated carbocycles. The summed E-state index contributed by atoms with van der Waals surface area (Å²) in [5.74, 6) is 2.57. The van der Waals surface area contributed by atoms with E-state index in [1.54, 1.807) is 7.05 Å². The Morgan fingerprint density at radius 2 is 1.21 bits per heavy atom. The molecule has 0 aliphatic carbocycles. The van der Waals surface area contributed by atoms with Crippen molar-refractivity contribution in [3.8, 4) is 0 Å². The molecule has 0 aromatic rings. The van der Waals surface area contributed by atoms with E-state index in [1.807, 2.05) is 78.2 Å². The van der Waals surface area contributed by atoms with E-state index >= 15 is 0 Å². The van der Waals surface area contributed by atoms with Crippen LogP contribution >= 0.6 is 23.5 Å². The number of carbonyl (C=O) groups excluding carboxylic acids is 4. The van der Waals surface area contributed by atoms with Gasteiger partial charge in [-0.3, -0.25) is 9.59 Å². The molecule has 9 nitrogen and oxygen atoms in total. The minimum Gasteiger partial charge on any atom is -0.359 e. The smallest absolute Gasteiger partial charge is 0.320 e. The van der Waals surface area contributed by atoms with E-state index in [1.165, 1.54) is 0 Å². The number of carbonyl (C=O) groups is 4. The molecule has 0 unspecified atom stereocenters. The first-order valence-corrected chi connectivity index (χ1v) is 16.2. The van der Waals surface area contributed by atoms with E-state index in [0.717, 1.165) is 56.5 Å². The number of thioether (sulfide) groups is 2. The van der Waals surface area contributed by atoms with E-state index in [9.17, 15) is 19.2 Å². The molecule has 1 N–H and O–H groups in total. The van der Waals surface area contributed by atoms with E-state index in [2.05, 4.69) is 5.32 Å². The van der Waals surface area contributed by atoms with Gasteiger partial charge in [-0.25, -0.2) is 9.59 Å². The number of fused-ring (bicyclic) bond motifs is 2. The van der Waals surface area contributed by atoms with Crippen molar-refractivity contribution in [2.24, 2.45) is 0 Å². The molecule has 4 heterocycles. The molecule has 4 saturated heterocycles. The van der Waals surface area contributed by atoms with Crippen LogP contribution in [0.2, 0.25) is 0 Å². The maximum Gasteiger partial charge on any atom is 0.320 e. The maximum absolute atomic E-state index is 11.9. The summed E-state index contributed by atoms with van der Waals surface area (Å²) >= 11 is 3.96. The van der Waals surface area contributed by atoms with Gasteiger partial charge in [-0.2, -0.15) is 23.5 Å². The number of amides is 5. The average Bonchev–Trinajstić information content (AvgIpc) is 3.64. The molecular weight excluding hydrogens is 522 g/mol. The van der Waals surface area contributed by atoms with Gasteiger partial charge < -0.3 is 24.9 Å². The van der Waals surface area contributed by atoms with E-state index in [4.69, 9.17) is 0 Å². The number of unbranched alkanes of at least 4 members (excludes halogenated alkanes) is 2. The van der Waals surface area contributed by atoms with Gasteiger partial charge in [0.1, 0.15) is 5.78 Å². The van der Waals surface area contributed by atoms with Crippen molar-refractivity contribution >= 4 is 47.3 Å². The molecule has 0 aromatic carbocycles. The lowest BCUT2D eigenvalue weighted by atomic mass is 10.0. The fraction of sp³-hybridized carbons (Fsp3) is 0.852. The Morgan fingerprint density at radius 1 is 0.763 bits per heavy atom. The fourth-order valence-electron chi connectivity index (χ4n) is 6.18. The first-order chi connectivity index (χ1) is 18.1. The summed E-state index contributed by atoms with van der Waals surface area (Å²) in [6.07, 6.45) is 8.27. The zero-order chi connectivity index (χ0) is 28.0. The Balaban J connectivity index is 0.000000211. The molecule has 5 amide bonds. The number of Topliss-reactive ketones (excluding diaryl/α,β-unsaturated/α-hetero) is 1. The first kappa shape index (κ1) is 30.9. The van der Waals surface area contributed by atoms with Crippen LogP contribution in [0.1, 0.15) is 64.7 Å². The molecule has 4 rings (SSSR count). The molecule has 4 fully saturated rings. The van der Waals surface area contributed by atoms with Crippen molar-refractivity contribution in [2.45, 2.75) is 99.4 Å². The molecule has 38 heavy (non-hydrogen) atoms. The molecule has 4 aliphatic heterocycles. The summed E-state index contributed by atoms with van der Waals surface area (Å²) in [7, 11) is 9.31. The third-order valence-electron chi connectivity index (χ3n) is 8.62. The van der Waals surface area contributed by atoms with Gasteiger partial charge in [-0.15, -0.1) is 0 Å². The Morgan fingerprint density at radius 3 is 1.63 bits per heavy atom. The van der Waals surface area contributed by atoms with Crippen LogP contribution in [-0.4, -0.2) is 125 Å². The summed E-state index contributed by atoms with van der Waals surface area (Å²) in [4.78, 5) is 53.8. The van der Waals surface area contributed by atoms with Gasteiger partial charge in [0.05, 0.1) is 24.2 Å². The molecular formula is C27H47N5O4S2. The monoisotopic (exact) mass is 569 g/mol. The summed E-state index contributed by atoms with van der Waals surface area (Å²) < 4.78 is 0. The van der Waals surface area contributed by atoms with Crippen LogP contribution in [0.25, 0.3) is 0 Å². The van der Waals surface area contributed by atoms with Crippen molar-refractivity contribution in [1.29, 1.82) is 0 Å². The highest BCUT2D eigenvalue weighted by Crippen LogP contribution is 2.41. The van der Waals surface area contributed by atoms with Gasteiger partial charge in [0.25, 0.3) is 0 Å². The van der Waals surface area contributed by atoms with E-state index in [-0.39, 0.29) is 18.0 Å². The van der Waals surface area contributed by atoms with Gasteiger partial charge in [0, 0.05) is 76.5 Å². The largest absolute Gasteiger partial charge is 0.359 e. The number of rotatable bonds is 11. The van der Waals surface area contributed by atoms with Crippen LogP contribution in [0.5, 0.6) is 0 Å². The molecule has 11 heteroatoms. The Bertz CT molecular complexity index is 793. The number of hydrogen-bond acceptors (Lipinski definition) is 6. The number of likely N-dealkylation sites (N-methyl/N-ethyl adjacent to an activating group) is 4. The Labute approximate surface area is 237 Å². The number of urea groups is 2. The predicted octanol–water partition coefficient (Wildman–Crippen LogP) is 3.52. The molecule has 0 radical (unpaired) electrons. The van der Waals surface area contributed by atoms with Crippen molar-refractivity contribution in [3.63, 3.8) is 0 Å². The highest BCUT2D eigenvalue weighted by atomic mass is 32.2. The third-order valence-corrected chi connectivity index (χ3v) is 11.6. The molecule has 0 spiro atoms. The van der Waals surface area contributed by atoms with Crippen LogP contribution in [-0.2, 0) is 9.59 Å². The molecule has 4 aliphatic rings. The molecule has 6 atom stereocenters. The van der Waals surface area contributed by atoms with E-state index in [0.29, 0.717) is 53.3 Å². The minimum atomic E-state index is 0.116. The van der Waals surface area contributed by atoms with E-state index < -0.39 is 0 Å². The number of ketones is 1. The highest BCUT2D eigenvalue weighted by Gasteiger charge is 2.50. The second-order valence-corrected chi connectivity index (χ2v) is 13.5. The fourth-order valence-corrected chi connectivity index (χ4v) is 9.70. The molecule has 0 aromatic heterocycles. The van der Waals surface area contributed by atoms with Gasteiger partial charge >= 0.3 is 12.1 Å². The quantitative estimate of drug-likeness (QED) is 0.302. The van der Waals surface area contributed by atoms with Crippen LogP contribution in [0.15, 0.2) is 0 Å². The maximum atomic E-state index is 11.9. The lowest BCUT2D eigenvalue weighted by molar-refractivity contribution is -0.121. The van der Waals surface area contributed by atoms with Crippen LogP contribution in [0.4, 0.5) is 9.59 Å². The van der Waals surface area contributed by atoms with Gasteiger partial charge in [-0.05, 0) is 25.7 Å². The normalized spacial score (nSPS) is 29.9. The molecule has 0 bridgehead atoms. The van der Waals surface area contributed by atoms with Gasteiger partial charge in [0.15, 0.2) is 0 Å². The van der Waals surface area contributed by atoms with Gasteiger partial charge in [-0.1, -0.05) is 19.8 Å². The number of hydrogen-bond donors (Lipinski definition) is 1. The summed E-state index contributed by atoms with van der Waals surface area (Å²) in [6, 6.07) is 1.76. The summed E-state index contributed by atoms with van der Waals surface area (Å²) in [6.45, 7) is 1.93. The van der Waals surface area contributed by atoms with Crippen molar-refractivity contribution in [2.75, 3.05) is 46.7 Å². The second-order valence-electron chi connectivity index (χ2n) is 10.9. The highest BCUT2D eigenvalue weighted by molar-refractivity contribution is 8.00. The van der Waals surface area contributed by atoms with Crippen LogP contribution in [0.3, 0.4) is 0 Å². The molecule has 216 valence electrons. The average molecular weight is 570 g/mol. The minimum absolute atomic E-state index is 0.116. The van der Waals surface area contributed by atoms with Crippen molar-refractivity contribution < 1.29 is 19.2 Å². The standard InChI is InChI=1S/C14H24N2O2S.C13H23N3O2S/c1-4-10(17)7-5-6-8-12-13-11(9-19-12)15(2)14(18)16(13)3;1-14-11(17)7-5-4-6-10-12-9(8-19-10)15(2)13(18)16(12)3/h11-13H,4-9H2,1-3H3;9-10,12H,4-8H2,1-3H3,(H,14,17)/t11-,12-,13-;9-,10-,12-/m00/s1. The Kier molecular flexibility index (Phi) is 11.5. The zero-order valence-electron chi connectivity index (χ0n) is 24.0. The van der Waals surface area contributed by atoms with Crippen molar-refractivity contribution in [1.82, 2.24) is 24.9 Å². The van der Waals surface area contributed by atoms with Crippen LogP contribution in [0, 0.1) is 0 Å². The first-order valence-electron chi connectivity index (χ1n) is 14.1. The van der Waals surface area contributed by atoms with Gasteiger partial charge in [0.2, 0.25) is 5.91 Å². The predicted molar refractivity (Wildman–Crippen MR) is 156 cm³/mol.